The second-order valence-electron chi connectivity index (χ2n) is 5.80. The lowest BCUT2D eigenvalue weighted by atomic mass is 9.99. The molecule has 2 N–H and O–H groups in total. The smallest absolute Gasteiger partial charge is 0.260 e. The van der Waals surface area contributed by atoms with E-state index in [-0.39, 0.29) is 0 Å². The minimum Gasteiger partial charge on any atom is -0.454 e. The number of pyridine rings is 1. The van der Waals surface area contributed by atoms with Crippen molar-refractivity contribution >= 4 is 51.6 Å². The van der Waals surface area contributed by atoms with Gasteiger partial charge in [-0.3, -0.25) is 4.79 Å². The molecule has 3 heterocycles. The molecule has 3 aromatic heterocycles. The van der Waals surface area contributed by atoms with Crippen LogP contribution in [0.5, 0.6) is 0 Å². The molecule has 2 bridgehead atoms. The number of hydrogen-bond donors (Lipinski definition) is 2. The highest BCUT2D eigenvalue weighted by Crippen LogP contribution is 2.42. The Balaban J connectivity index is 1.80. The fraction of sp³-hybridized carbons (Fsp3) is 0.0526. The number of rotatable bonds is 4. The first-order chi connectivity index (χ1) is 13.0. The zero-order valence-electron chi connectivity index (χ0n) is 13.9. The van der Waals surface area contributed by atoms with E-state index in [1.165, 1.54) is 12.3 Å². The molecule has 8 heteroatoms. The molecule has 0 saturated heterocycles. The lowest BCUT2D eigenvalue weighted by Gasteiger charge is -2.10. The molecule has 0 aliphatic rings. The van der Waals surface area contributed by atoms with Gasteiger partial charge in [-0.05, 0) is 29.8 Å². The Bertz CT molecular complexity index is 1160. The summed E-state index contributed by atoms with van der Waals surface area (Å²) in [5.41, 5.74) is 3.34. The summed E-state index contributed by atoms with van der Waals surface area (Å²) in [6.45, 7) is 0. The number of halogens is 3. The second-order valence-corrected chi connectivity index (χ2v) is 6.62. The van der Waals surface area contributed by atoms with Gasteiger partial charge in [0.15, 0.2) is 5.58 Å². The Morgan fingerprint density at radius 2 is 1.96 bits per heavy atom. The molecule has 0 radical (unpaired) electrons. The van der Waals surface area contributed by atoms with Crippen molar-refractivity contribution in [2.45, 2.75) is 0 Å². The fourth-order valence-electron chi connectivity index (χ4n) is 2.95. The minimum atomic E-state index is -0.646. The highest BCUT2D eigenvalue weighted by molar-refractivity contribution is 6.42. The summed E-state index contributed by atoms with van der Waals surface area (Å²) in [5, 5.41) is 6.48. The molecule has 0 aliphatic heterocycles. The monoisotopic (exact) mass is 403 g/mol. The summed E-state index contributed by atoms with van der Waals surface area (Å²) in [6.07, 6.45) is 1.34. The van der Waals surface area contributed by atoms with Crippen LogP contribution in [0.15, 0.2) is 47.0 Å². The summed E-state index contributed by atoms with van der Waals surface area (Å²) in [6, 6.07) is 9.38. The number of amides is 1. The molecule has 1 aromatic carbocycles. The third-order valence-electron chi connectivity index (χ3n) is 4.14. The van der Waals surface area contributed by atoms with E-state index in [9.17, 15) is 9.18 Å². The molecular weight excluding hydrogens is 392 g/mol. The molecular formula is C19H12Cl2FN3O2. The van der Waals surface area contributed by atoms with Crippen molar-refractivity contribution in [2.24, 2.45) is 0 Å². The number of benzene rings is 2. The van der Waals surface area contributed by atoms with Gasteiger partial charge in [0, 0.05) is 36.6 Å². The van der Waals surface area contributed by atoms with Gasteiger partial charge >= 0.3 is 0 Å². The van der Waals surface area contributed by atoms with Crippen LogP contribution in [0.3, 0.4) is 0 Å². The molecule has 0 aliphatic carbocycles. The largest absolute Gasteiger partial charge is 0.454 e. The second kappa shape index (κ2) is 6.72. The van der Waals surface area contributed by atoms with Crippen LogP contribution in [0, 0.1) is 5.95 Å². The summed E-state index contributed by atoms with van der Waals surface area (Å²) in [7, 11) is 1.74. The molecule has 4 aromatic rings. The van der Waals surface area contributed by atoms with Gasteiger partial charge in [0.1, 0.15) is 5.58 Å². The van der Waals surface area contributed by atoms with Gasteiger partial charge in [0.05, 0.1) is 21.3 Å². The Labute approximate surface area is 163 Å². The Morgan fingerprint density at radius 3 is 2.67 bits per heavy atom. The van der Waals surface area contributed by atoms with E-state index in [4.69, 9.17) is 27.6 Å². The van der Waals surface area contributed by atoms with Crippen LogP contribution in [0.4, 0.5) is 15.8 Å². The van der Waals surface area contributed by atoms with Gasteiger partial charge in [0.2, 0.25) is 5.95 Å². The van der Waals surface area contributed by atoms with Crippen molar-refractivity contribution in [3.8, 4) is 11.1 Å². The summed E-state index contributed by atoms with van der Waals surface area (Å²) in [5.74, 6) is -1.05. The van der Waals surface area contributed by atoms with E-state index in [1.807, 2.05) is 0 Å². The highest BCUT2D eigenvalue weighted by Gasteiger charge is 2.27. The molecule has 0 spiro atoms. The summed E-state index contributed by atoms with van der Waals surface area (Å²) in [4.78, 5) is 16.5. The van der Waals surface area contributed by atoms with Crippen LogP contribution in [-0.2, 0) is 0 Å². The van der Waals surface area contributed by atoms with E-state index >= 15 is 0 Å². The molecule has 0 atom stereocenters. The van der Waals surface area contributed by atoms with E-state index < -0.39 is 11.9 Å². The summed E-state index contributed by atoms with van der Waals surface area (Å²) >= 11 is 11.9. The third kappa shape index (κ3) is 3.07. The quantitative estimate of drug-likeness (QED) is 0.430. The first-order valence-corrected chi connectivity index (χ1v) is 8.68. The molecule has 5 nitrogen and oxygen atoms in total. The molecule has 0 unspecified atom stereocenters. The van der Waals surface area contributed by atoms with Gasteiger partial charge in [-0.2, -0.15) is 4.39 Å². The number of anilines is 2. The number of nitrogens with one attached hydrogen (secondary N) is 2. The average Bonchev–Trinajstić information content (AvgIpc) is 3.22. The predicted octanol–water partition coefficient (Wildman–Crippen LogP) is 5.67. The van der Waals surface area contributed by atoms with Crippen molar-refractivity contribution in [1.29, 1.82) is 0 Å². The summed E-state index contributed by atoms with van der Waals surface area (Å²) < 4.78 is 19.4. The first-order valence-electron chi connectivity index (χ1n) is 7.93. The van der Waals surface area contributed by atoms with Crippen molar-refractivity contribution in [1.82, 2.24) is 4.98 Å². The van der Waals surface area contributed by atoms with Crippen LogP contribution in [0.1, 0.15) is 10.4 Å². The van der Waals surface area contributed by atoms with E-state index in [1.54, 1.807) is 37.4 Å². The molecule has 0 fully saturated rings. The number of nitrogens with zero attached hydrogens (tertiary/aromatic N) is 1. The molecule has 136 valence electrons. The molecule has 1 amide bonds. The number of hydrogen-bond acceptors (Lipinski definition) is 4. The minimum absolute atomic E-state index is 0.306. The van der Waals surface area contributed by atoms with Crippen LogP contribution in [-0.4, -0.2) is 17.9 Å². The van der Waals surface area contributed by atoms with Gasteiger partial charge in [-0.15, -0.1) is 0 Å². The first kappa shape index (κ1) is 17.6. The van der Waals surface area contributed by atoms with E-state index in [0.717, 1.165) is 0 Å². The van der Waals surface area contributed by atoms with Crippen molar-refractivity contribution in [3.05, 3.63) is 64.2 Å². The SMILES string of the molecule is CNc1cc2oc1c(-c1ccnc(F)c1)c2C(=O)Nc1ccc(Cl)c(Cl)c1. The Hall–Kier alpha value is -2.83. The Morgan fingerprint density at radius 1 is 1.15 bits per heavy atom. The zero-order chi connectivity index (χ0) is 19.1. The highest BCUT2D eigenvalue weighted by atomic mass is 35.5. The van der Waals surface area contributed by atoms with Gasteiger partial charge in [0.25, 0.3) is 5.91 Å². The number of aromatic nitrogens is 1. The normalized spacial score (nSPS) is 11.1. The van der Waals surface area contributed by atoms with Gasteiger partial charge in [-0.1, -0.05) is 23.2 Å². The zero-order valence-corrected chi connectivity index (χ0v) is 15.5. The lowest BCUT2D eigenvalue weighted by Crippen LogP contribution is -2.13. The number of carbonyl (C=O) groups excluding carboxylic acids is 1. The molecule has 27 heavy (non-hydrogen) atoms. The fourth-order valence-corrected chi connectivity index (χ4v) is 3.25. The molecule has 0 saturated carbocycles. The van der Waals surface area contributed by atoms with Gasteiger partial charge < -0.3 is 15.1 Å². The average molecular weight is 404 g/mol. The number of fused-ring (bicyclic) bond motifs is 2. The maximum atomic E-state index is 13.7. The molecule has 4 rings (SSSR count). The predicted molar refractivity (Wildman–Crippen MR) is 105 cm³/mol. The van der Waals surface area contributed by atoms with Crippen molar-refractivity contribution < 1.29 is 13.6 Å². The maximum Gasteiger partial charge on any atom is 0.260 e. The van der Waals surface area contributed by atoms with Crippen LogP contribution in [0.2, 0.25) is 10.0 Å². The standard InChI is InChI=1S/C19H12Cl2FN3O2/c1-23-13-8-14-17(19(26)25-10-2-3-11(20)12(21)7-10)16(18(13)27-14)9-4-5-24-15(22)6-9/h2-8,23H,1H3,(H,25,26). The van der Waals surface area contributed by atoms with E-state index in [0.29, 0.717) is 49.3 Å². The van der Waals surface area contributed by atoms with Crippen molar-refractivity contribution in [3.63, 3.8) is 0 Å². The van der Waals surface area contributed by atoms with Crippen LogP contribution >= 0.6 is 23.2 Å². The van der Waals surface area contributed by atoms with E-state index in [2.05, 4.69) is 15.6 Å². The lowest BCUT2D eigenvalue weighted by molar-refractivity contribution is 0.102. The van der Waals surface area contributed by atoms with Gasteiger partial charge in [-0.25, -0.2) is 4.98 Å². The van der Waals surface area contributed by atoms with Crippen molar-refractivity contribution in [2.75, 3.05) is 17.7 Å². The maximum absolute atomic E-state index is 13.7. The third-order valence-corrected chi connectivity index (χ3v) is 4.88. The Kier molecular flexibility index (Phi) is 4.37. The van der Waals surface area contributed by atoms with Crippen LogP contribution in [0.25, 0.3) is 22.3 Å². The number of carbonyl (C=O) groups is 1. The topological polar surface area (TPSA) is 67.2 Å². The van der Waals surface area contributed by atoms with Crippen LogP contribution < -0.4 is 10.6 Å². The number of furan rings is 2.